The fraction of sp³-hybridized carbons (Fsp3) is 0.133. The van der Waals surface area contributed by atoms with E-state index in [4.69, 9.17) is 4.42 Å². The fourth-order valence-corrected chi connectivity index (χ4v) is 2.05. The van der Waals surface area contributed by atoms with Crippen LogP contribution in [0.5, 0.6) is 0 Å². The Labute approximate surface area is 112 Å². The highest BCUT2D eigenvalue weighted by Gasteiger charge is 2.07. The monoisotopic (exact) mass is 259 g/mol. The van der Waals surface area contributed by atoms with Crippen molar-refractivity contribution < 1.29 is 4.42 Å². The maximum atomic E-state index is 5.61. The summed E-state index contributed by atoms with van der Waals surface area (Å²) in [5.41, 5.74) is 3.13. The van der Waals surface area contributed by atoms with Crippen molar-refractivity contribution in [2.75, 3.05) is 0 Å². The van der Waals surface area contributed by atoms with Gasteiger partial charge in [0.15, 0.2) is 5.76 Å². The molecule has 2 heterocycles. The second kappa shape index (κ2) is 4.83. The zero-order valence-electron chi connectivity index (χ0n) is 10.3. The summed E-state index contributed by atoms with van der Waals surface area (Å²) in [7, 11) is 0. The van der Waals surface area contributed by atoms with Gasteiger partial charge in [-0.25, -0.2) is 4.98 Å². The van der Waals surface area contributed by atoms with Gasteiger partial charge in [0.25, 0.3) is 0 Å². The second-order valence-electron chi connectivity index (χ2n) is 4.25. The Bertz CT molecular complexity index is 688. The Kier molecular flexibility index (Phi) is 3.39. The third kappa shape index (κ3) is 2.12. The van der Waals surface area contributed by atoms with Crippen LogP contribution in [0.1, 0.15) is 11.3 Å². The van der Waals surface area contributed by atoms with Gasteiger partial charge in [-0.15, -0.1) is 12.4 Å². The molecule has 3 rings (SSSR count). The first-order chi connectivity index (χ1) is 8.24. The molecule has 0 spiro atoms. The number of hydrogen-bond acceptors (Lipinski definition) is 2. The number of rotatable bonds is 1. The van der Waals surface area contributed by atoms with Crippen LogP contribution in [0.25, 0.3) is 22.4 Å². The van der Waals surface area contributed by atoms with Gasteiger partial charge in [0.2, 0.25) is 0 Å². The summed E-state index contributed by atoms with van der Waals surface area (Å²) in [5.74, 6) is 1.74. The van der Waals surface area contributed by atoms with Crippen molar-refractivity contribution in [1.82, 2.24) is 4.98 Å². The molecule has 0 saturated carbocycles. The van der Waals surface area contributed by atoms with Gasteiger partial charge in [0.1, 0.15) is 11.5 Å². The highest BCUT2D eigenvalue weighted by atomic mass is 35.5. The molecule has 3 heteroatoms. The average Bonchev–Trinajstić information content (AvgIpc) is 2.76. The molecule has 0 unspecified atom stereocenters. The van der Waals surface area contributed by atoms with Crippen molar-refractivity contribution in [3.05, 3.63) is 53.8 Å². The standard InChI is InChI=1S/C15H13NO.ClH/c1-10-9-14(15-8-7-11(2)17-15)16-13-6-4-3-5-12(10)13;/h3-9H,1-2H3;1H. The smallest absolute Gasteiger partial charge is 0.152 e. The predicted molar refractivity (Wildman–Crippen MR) is 76.2 cm³/mol. The van der Waals surface area contributed by atoms with Gasteiger partial charge in [0, 0.05) is 5.39 Å². The summed E-state index contributed by atoms with van der Waals surface area (Å²) in [6.07, 6.45) is 0. The minimum absolute atomic E-state index is 0. The highest BCUT2D eigenvalue weighted by Crippen LogP contribution is 2.25. The normalized spacial score (nSPS) is 10.3. The molecule has 0 saturated heterocycles. The zero-order chi connectivity index (χ0) is 11.8. The van der Waals surface area contributed by atoms with E-state index in [0.29, 0.717) is 0 Å². The number of aromatic nitrogens is 1. The molecule has 0 atom stereocenters. The van der Waals surface area contributed by atoms with E-state index in [2.05, 4.69) is 24.0 Å². The summed E-state index contributed by atoms with van der Waals surface area (Å²) >= 11 is 0. The van der Waals surface area contributed by atoms with E-state index in [9.17, 15) is 0 Å². The summed E-state index contributed by atoms with van der Waals surface area (Å²) in [4.78, 5) is 4.63. The third-order valence-electron chi connectivity index (χ3n) is 2.92. The number of aryl methyl sites for hydroxylation is 2. The number of nitrogens with zero attached hydrogens (tertiary/aromatic N) is 1. The lowest BCUT2D eigenvalue weighted by Crippen LogP contribution is -1.87. The first-order valence-corrected chi connectivity index (χ1v) is 5.67. The minimum atomic E-state index is 0. The van der Waals surface area contributed by atoms with Crippen LogP contribution in [0, 0.1) is 13.8 Å². The van der Waals surface area contributed by atoms with Crippen molar-refractivity contribution in [2.45, 2.75) is 13.8 Å². The summed E-state index contributed by atoms with van der Waals surface area (Å²) in [5, 5.41) is 1.19. The van der Waals surface area contributed by atoms with Crippen molar-refractivity contribution in [3.8, 4) is 11.5 Å². The number of furan rings is 1. The molecule has 18 heavy (non-hydrogen) atoms. The van der Waals surface area contributed by atoms with E-state index in [-0.39, 0.29) is 12.4 Å². The van der Waals surface area contributed by atoms with Crippen molar-refractivity contribution in [1.29, 1.82) is 0 Å². The molecular formula is C15H14ClNO. The molecule has 0 amide bonds. The van der Waals surface area contributed by atoms with Crippen LogP contribution < -0.4 is 0 Å². The van der Waals surface area contributed by atoms with Crippen molar-refractivity contribution in [2.24, 2.45) is 0 Å². The molecule has 0 radical (unpaired) electrons. The Morgan fingerprint density at radius 1 is 1.00 bits per heavy atom. The van der Waals surface area contributed by atoms with Gasteiger partial charge in [-0.2, -0.15) is 0 Å². The lowest BCUT2D eigenvalue weighted by atomic mass is 10.1. The quantitative estimate of drug-likeness (QED) is 0.642. The Balaban J connectivity index is 0.00000120. The van der Waals surface area contributed by atoms with Crippen LogP contribution in [0.15, 0.2) is 46.9 Å². The van der Waals surface area contributed by atoms with Crippen LogP contribution in [0.4, 0.5) is 0 Å². The van der Waals surface area contributed by atoms with Crippen LogP contribution in [-0.4, -0.2) is 4.98 Å². The molecule has 0 aliphatic heterocycles. The number of para-hydroxylation sites is 1. The lowest BCUT2D eigenvalue weighted by Gasteiger charge is -2.04. The molecule has 1 aromatic carbocycles. The topological polar surface area (TPSA) is 26.0 Å². The van der Waals surface area contributed by atoms with Crippen LogP contribution in [0.2, 0.25) is 0 Å². The van der Waals surface area contributed by atoms with Crippen molar-refractivity contribution in [3.63, 3.8) is 0 Å². The van der Waals surface area contributed by atoms with Gasteiger partial charge in [-0.05, 0) is 43.7 Å². The number of pyridine rings is 1. The molecule has 0 N–H and O–H groups in total. The summed E-state index contributed by atoms with van der Waals surface area (Å²) in [6.45, 7) is 4.04. The minimum Gasteiger partial charge on any atom is -0.460 e. The zero-order valence-corrected chi connectivity index (χ0v) is 11.1. The maximum absolute atomic E-state index is 5.61. The molecule has 2 aromatic heterocycles. The van der Waals surface area contributed by atoms with E-state index in [1.54, 1.807) is 0 Å². The SMILES string of the molecule is Cc1ccc(-c2cc(C)c3ccccc3n2)o1.Cl. The molecular weight excluding hydrogens is 246 g/mol. The molecule has 3 aromatic rings. The molecule has 0 aliphatic rings. The van der Waals surface area contributed by atoms with E-state index in [1.807, 2.05) is 37.3 Å². The van der Waals surface area contributed by atoms with Gasteiger partial charge in [-0.1, -0.05) is 18.2 Å². The highest BCUT2D eigenvalue weighted by molar-refractivity contribution is 5.85. The van der Waals surface area contributed by atoms with Gasteiger partial charge < -0.3 is 4.42 Å². The molecule has 92 valence electrons. The molecule has 0 fully saturated rings. The van der Waals surface area contributed by atoms with E-state index < -0.39 is 0 Å². The first-order valence-electron chi connectivity index (χ1n) is 5.67. The molecule has 2 nitrogen and oxygen atoms in total. The maximum Gasteiger partial charge on any atom is 0.152 e. The lowest BCUT2D eigenvalue weighted by molar-refractivity contribution is 0.546. The number of halogens is 1. The second-order valence-corrected chi connectivity index (χ2v) is 4.25. The summed E-state index contributed by atoms with van der Waals surface area (Å²) < 4.78 is 5.61. The fourth-order valence-electron chi connectivity index (χ4n) is 2.05. The first kappa shape index (κ1) is 12.7. The van der Waals surface area contributed by atoms with Gasteiger partial charge in [0.05, 0.1) is 5.52 Å². The number of fused-ring (bicyclic) bond motifs is 1. The van der Waals surface area contributed by atoms with Gasteiger partial charge >= 0.3 is 0 Å². The number of benzene rings is 1. The predicted octanol–water partition coefficient (Wildman–Crippen LogP) is 4.53. The van der Waals surface area contributed by atoms with Crippen LogP contribution in [-0.2, 0) is 0 Å². The van der Waals surface area contributed by atoms with E-state index in [0.717, 1.165) is 22.7 Å². The van der Waals surface area contributed by atoms with E-state index in [1.165, 1.54) is 10.9 Å². The van der Waals surface area contributed by atoms with E-state index >= 15 is 0 Å². The molecule has 0 aliphatic carbocycles. The molecule has 0 bridgehead atoms. The third-order valence-corrected chi connectivity index (χ3v) is 2.92. The number of hydrogen-bond donors (Lipinski definition) is 0. The summed E-state index contributed by atoms with van der Waals surface area (Å²) in [6, 6.07) is 14.2. The Morgan fingerprint density at radius 2 is 1.78 bits per heavy atom. The van der Waals surface area contributed by atoms with Crippen LogP contribution >= 0.6 is 12.4 Å². The van der Waals surface area contributed by atoms with Crippen LogP contribution in [0.3, 0.4) is 0 Å². The largest absolute Gasteiger partial charge is 0.460 e. The van der Waals surface area contributed by atoms with Gasteiger partial charge in [-0.3, -0.25) is 0 Å². The average molecular weight is 260 g/mol. The van der Waals surface area contributed by atoms with Crippen molar-refractivity contribution >= 4 is 23.3 Å². The Hall–Kier alpha value is -1.80. The Morgan fingerprint density at radius 3 is 2.50 bits per heavy atom.